The van der Waals surface area contributed by atoms with Crippen LogP contribution in [0.1, 0.15) is 181 Å². The smallest absolute Gasteiger partial charge is 0.362 e. The molecular weight excluding hydrogens is 618 g/mol. The van der Waals surface area contributed by atoms with Crippen LogP contribution in [0.4, 0.5) is 0 Å². The maximum atomic E-state index is 12.5. The second-order valence-electron chi connectivity index (χ2n) is 14.9. The van der Waals surface area contributed by atoms with Crippen molar-refractivity contribution in [3.05, 3.63) is 12.2 Å². The first-order valence-corrected chi connectivity index (χ1v) is 20.2. The zero-order chi connectivity index (χ0) is 36.4. The monoisotopic (exact) mass is 697 g/mol. The molecule has 0 aliphatic heterocycles. The highest BCUT2D eigenvalue weighted by Gasteiger charge is 2.31. The Morgan fingerprint density at radius 2 is 1.06 bits per heavy atom. The predicted molar refractivity (Wildman–Crippen MR) is 202 cm³/mol. The minimum atomic E-state index is -0.879. The van der Waals surface area contributed by atoms with E-state index in [9.17, 15) is 19.5 Å². The van der Waals surface area contributed by atoms with Gasteiger partial charge in [0.1, 0.15) is 6.61 Å². The Morgan fingerprint density at radius 1 is 0.592 bits per heavy atom. The molecule has 0 heterocycles. The molecule has 8 heteroatoms. The zero-order valence-electron chi connectivity index (χ0n) is 32.7. The fourth-order valence-electron chi connectivity index (χ4n) is 5.99. The van der Waals surface area contributed by atoms with E-state index in [0.717, 1.165) is 32.1 Å². The molecule has 0 saturated heterocycles. The third-order valence-electron chi connectivity index (χ3n) is 9.18. The third kappa shape index (κ3) is 31.8. The number of allylic oxidation sites excluding steroid dienone is 2. The van der Waals surface area contributed by atoms with Gasteiger partial charge in [0.25, 0.3) is 0 Å². The molecule has 0 saturated carbocycles. The molecule has 0 fully saturated rings. The maximum absolute atomic E-state index is 12.5. The first-order valence-electron chi connectivity index (χ1n) is 20.2. The SMILES string of the molecule is CCCCC/C=C/CCC(=O)OC(COCCC(C(=O)O)[N+](C)(C)C)COC(=O)CCCCCCCCCCCCCCCCCCCC. The van der Waals surface area contributed by atoms with Gasteiger partial charge in [-0.2, -0.15) is 0 Å². The molecule has 288 valence electrons. The fourth-order valence-corrected chi connectivity index (χ4v) is 5.99. The van der Waals surface area contributed by atoms with Gasteiger partial charge in [0.2, 0.25) is 0 Å². The summed E-state index contributed by atoms with van der Waals surface area (Å²) in [5.41, 5.74) is 0. The number of nitrogens with zero attached hydrogens (tertiary/aromatic N) is 1. The highest BCUT2D eigenvalue weighted by Crippen LogP contribution is 2.15. The van der Waals surface area contributed by atoms with E-state index in [4.69, 9.17) is 14.2 Å². The summed E-state index contributed by atoms with van der Waals surface area (Å²) in [6, 6.07) is -0.614. The summed E-state index contributed by atoms with van der Waals surface area (Å²) in [6.45, 7) is 4.64. The standard InChI is InChI=1S/C41H77NO7/c1-6-8-10-12-14-15-16-17-18-19-20-21-22-23-24-26-27-29-31-39(43)48-36-37(35-47-34-33-38(41(45)46)42(3,4)5)49-40(44)32-30-28-25-13-11-9-7-2/h25,28,37-38H,6-24,26-27,29-36H2,1-5H3/p+1/b28-25+. The number of carboxylic acid groups (broad SMARTS) is 1. The number of hydrogen-bond donors (Lipinski definition) is 1. The normalized spacial score (nSPS) is 13.1. The van der Waals surface area contributed by atoms with Crippen molar-refractivity contribution in [2.75, 3.05) is 41.0 Å². The maximum Gasteiger partial charge on any atom is 0.362 e. The number of carbonyl (C=O) groups excluding carboxylic acids is 2. The van der Waals surface area contributed by atoms with Crippen LogP contribution in [0.25, 0.3) is 0 Å². The van der Waals surface area contributed by atoms with Crippen molar-refractivity contribution < 1.29 is 38.2 Å². The van der Waals surface area contributed by atoms with Gasteiger partial charge < -0.3 is 23.8 Å². The molecule has 0 aliphatic rings. The number of quaternary nitrogens is 1. The Hall–Kier alpha value is -1.93. The van der Waals surface area contributed by atoms with Crippen molar-refractivity contribution in [1.82, 2.24) is 0 Å². The van der Waals surface area contributed by atoms with Gasteiger partial charge in [0.15, 0.2) is 12.1 Å². The molecule has 0 bridgehead atoms. The van der Waals surface area contributed by atoms with Gasteiger partial charge in [-0.3, -0.25) is 9.59 Å². The highest BCUT2D eigenvalue weighted by molar-refractivity contribution is 5.72. The van der Waals surface area contributed by atoms with Crippen LogP contribution in [0.5, 0.6) is 0 Å². The molecule has 0 aliphatic carbocycles. The summed E-state index contributed by atoms with van der Waals surface area (Å²) in [4.78, 5) is 36.6. The van der Waals surface area contributed by atoms with Crippen molar-refractivity contribution in [1.29, 1.82) is 0 Å². The second-order valence-corrected chi connectivity index (χ2v) is 14.9. The molecule has 49 heavy (non-hydrogen) atoms. The van der Waals surface area contributed by atoms with Crippen molar-refractivity contribution in [2.45, 2.75) is 193 Å². The van der Waals surface area contributed by atoms with Crippen LogP contribution < -0.4 is 0 Å². The van der Waals surface area contributed by atoms with Crippen LogP contribution in [0.2, 0.25) is 0 Å². The summed E-state index contributed by atoms with van der Waals surface area (Å²) >= 11 is 0. The van der Waals surface area contributed by atoms with E-state index in [-0.39, 0.29) is 42.7 Å². The molecule has 0 spiro atoms. The largest absolute Gasteiger partial charge is 0.477 e. The molecule has 0 aromatic carbocycles. The zero-order valence-corrected chi connectivity index (χ0v) is 32.7. The molecule has 2 atom stereocenters. The van der Waals surface area contributed by atoms with Gasteiger partial charge in [0, 0.05) is 19.3 Å². The minimum absolute atomic E-state index is 0.0502. The highest BCUT2D eigenvalue weighted by atomic mass is 16.6. The number of likely N-dealkylation sites (N-methyl/N-ethyl adjacent to an activating group) is 1. The van der Waals surface area contributed by atoms with Gasteiger partial charge in [-0.15, -0.1) is 0 Å². The first kappa shape index (κ1) is 47.1. The molecular formula is C41H78NO7+. The summed E-state index contributed by atoms with van der Waals surface area (Å²) in [5, 5.41) is 9.56. The van der Waals surface area contributed by atoms with Gasteiger partial charge in [-0.05, 0) is 25.7 Å². The Labute approximate surface area is 301 Å². The van der Waals surface area contributed by atoms with Crippen molar-refractivity contribution in [3.63, 3.8) is 0 Å². The average Bonchev–Trinajstić information content (AvgIpc) is 3.05. The van der Waals surface area contributed by atoms with Gasteiger partial charge in [0.05, 0.1) is 34.4 Å². The van der Waals surface area contributed by atoms with E-state index in [1.54, 1.807) is 0 Å². The lowest BCUT2D eigenvalue weighted by Gasteiger charge is -2.31. The predicted octanol–water partition coefficient (Wildman–Crippen LogP) is 10.4. The van der Waals surface area contributed by atoms with E-state index in [1.807, 2.05) is 27.2 Å². The average molecular weight is 697 g/mol. The molecule has 0 amide bonds. The van der Waals surface area contributed by atoms with Crippen LogP contribution in [-0.4, -0.2) is 80.6 Å². The lowest BCUT2D eigenvalue weighted by atomic mass is 10.0. The van der Waals surface area contributed by atoms with Crippen LogP contribution in [0.3, 0.4) is 0 Å². The molecule has 1 N–H and O–H groups in total. The van der Waals surface area contributed by atoms with Gasteiger partial charge in [-0.1, -0.05) is 148 Å². The van der Waals surface area contributed by atoms with Crippen LogP contribution >= 0.6 is 0 Å². The molecule has 0 rings (SSSR count). The summed E-state index contributed by atoms with van der Waals surface area (Å²) in [6.07, 6.45) is 32.9. The Bertz CT molecular complexity index is 823. The number of carboxylic acids is 1. The van der Waals surface area contributed by atoms with Crippen LogP contribution in [0.15, 0.2) is 12.2 Å². The number of esters is 2. The number of ether oxygens (including phenoxy) is 3. The van der Waals surface area contributed by atoms with E-state index in [1.165, 1.54) is 109 Å². The van der Waals surface area contributed by atoms with Gasteiger partial charge >= 0.3 is 17.9 Å². The Morgan fingerprint density at radius 3 is 1.55 bits per heavy atom. The summed E-state index contributed by atoms with van der Waals surface area (Å²) in [7, 11) is 5.50. The summed E-state index contributed by atoms with van der Waals surface area (Å²) in [5.74, 6) is -1.53. The number of carbonyl (C=O) groups is 3. The Kier molecular flexibility index (Phi) is 31.9. The number of unbranched alkanes of at least 4 members (excludes halogenated alkanes) is 20. The lowest BCUT2D eigenvalue weighted by molar-refractivity contribution is -0.887. The Balaban J connectivity index is 4.21. The van der Waals surface area contributed by atoms with Crippen molar-refractivity contribution in [2.24, 2.45) is 0 Å². The molecule has 2 unspecified atom stereocenters. The summed E-state index contributed by atoms with van der Waals surface area (Å²) < 4.78 is 17.1. The van der Waals surface area contributed by atoms with Crippen molar-refractivity contribution in [3.8, 4) is 0 Å². The minimum Gasteiger partial charge on any atom is -0.477 e. The fraction of sp³-hybridized carbons (Fsp3) is 0.878. The van der Waals surface area contributed by atoms with E-state index < -0.39 is 18.1 Å². The quantitative estimate of drug-likeness (QED) is 0.0301. The number of rotatable bonds is 36. The topological polar surface area (TPSA) is 99.1 Å². The van der Waals surface area contributed by atoms with Crippen LogP contribution in [0, 0.1) is 0 Å². The first-order chi connectivity index (χ1) is 23.6. The van der Waals surface area contributed by atoms with Crippen molar-refractivity contribution >= 4 is 17.9 Å². The molecule has 0 aromatic heterocycles. The molecule has 0 radical (unpaired) electrons. The van der Waals surface area contributed by atoms with Gasteiger partial charge in [-0.25, -0.2) is 4.79 Å². The molecule has 0 aromatic rings. The molecule has 8 nitrogen and oxygen atoms in total. The van der Waals surface area contributed by atoms with E-state index >= 15 is 0 Å². The van der Waals surface area contributed by atoms with E-state index in [0.29, 0.717) is 19.3 Å². The lowest BCUT2D eigenvalue weighted by Crippen LogP contribution is -2.50. The third-order valence-corrected chi connectivity index (χ3v) is 9.18. The number of hydrogen-bond acceptors (Lipinski definition) is 6. The number of aliphatic carboxylic acids is 1. The van der Waals surface area contributed by atoms with E-state index in [2.05, 4.69) is 19.9 Å². The van der Waals surface area contributed by atoms with Crippen LogP contribution in [-0.2, 0) is 28.6 Å². The second kappa shape index (κ2) is 33.2.